The minimum atomic E-state index is -0.176. The van der Waals surface area contributed by atoms with Gasteiger partial charge in [0, 0.05) is 65.3 Å². The molecule has 0 aliphatic heterocycles. The quantitative estimate of drug-likeness (QED) is 0.165. The number of hydrogen-bond acceptors (Lipinski definition) is 2. The van der Waals surface area contributed by atoms with E-state index in [2.05, 4.69) is 316 Å². The molecule has 0 saturated heterocycles. The zero-order valence-electron chi connectivity index (χ0n) is 53.4. The van der Waals surface area contributed by atoms with Gasteiger partial charge in [-0.3, -0.25) is 0 Å². The summed E-state index contributed by atoms with van der Waals surface area (Å²) in [5.74, 6) is 0. The fourth-order valence-corrected chi connectivity index (χ4v) is 17.3. The van der Waals surface area contributed by atoms with Crippen LogP contribution in [0.25, 0.3) is 186 Å². The average molecular weight is 1230 g/mol. The van der Waals surface area contributed by atoms with Gasteiger partial charge < -0.3 is 18.0 Å². The van der Waals surface area contributed by atoms with Crippen LogP contribution in [-0.4, -0.2) is 9.13 Å². The summed E-state index contributed by atoms with van der Waals surface area (Å²) in [6.07, 6.45) is 0. The first-order valence-electron chi connectivity index (χ1n) is 33.5. The van der Waals surface area contributed by atoms with Crippen LogP contribution >= 0.6 is 0 Å². The molecule has 4 aromatic heterocycles. The minimum absolute atomic E-state index is 0.159. The number of hydrogen-bond donors (Lipinski definition) is 0. The molecule has 0 spiro atoms. The molecule has 4 heteroatoms. The number of rotatable bonds is 4. The molecule has 22 rings (SSSR count). The molecule has 0 bridgehead atoms. The van der Waals surface area contributed by atoms with Gasteiger partial charge >= 0.3 is 0 Å². The Balaban J connectivity index is 0.000000128. The lowest BCUT2D eigenvalue weighted by molar-refractivity contribution is 0.647. The number of benzene rings is 16. The number of para-hydroxylation sites is 4. The molecule has 2 aliphatic carbocycles. The van der Waals surface area contributed by atoms with Crippen LogP contribution in [0.4, 0.5) is 0 Å². The van der Waals surface area contributed by atoms with Crippen LogP contribution in [0.5, 0.6) is 0 Å². The summed E-state index contributed by atoms with van der Waals surface area (Å²) in [6.45, 7) is 9.42. The van der Waals surface area contributed by atoms with E-state index in [9.17, 15) is 0 Å². The van der Waals surface area contributed by atoms with Crippen molar-refractivity contribution in [3.05, 3.63) is 313 Å². The van der Waals surface area contributed by atoms with E-state index in [-0.39, 0.29) is 10.8 Å². The standard InChI is InChI=1S/C49H31NO.C43H29NO/c1-49(2)41-26-44-39(24-37(41)38-25-40-34-13-4-6-16-45(34)51-46(40)27-42(38)49)33-12-3-5-15-43(33)50(44)32-21-19-28(20-22-32)36-23-31-11-7-9-29-17-18-30-10-8-14-35(36)48(30)47(29)31;1-43(2)37-24-40-35(22-33(37)34-23-36-32-12-6-8-14-41(32)45-42(36)25-38(34)43)31-11-5-7-13-39(31)44(40)30-19-17-27(18-20-30)29-16-15-26-9-3-4-10-28(26)21-29/h3-27H,1-2H3;3-25H,1-2H3. The molecular formula is C92H60N2O2. The molecule has 450 valence electrons. The fraction of sp³-hybridized carbons (Fsp3) is 0.0652. The molecule has 0 saturated carbocycles. The van der Waals surface area contributed by atoms with Crippen LogP contribution in [0.3, 0.4) is 0 Å². The van der Waals surface area contributed by atoms with Gasteiger partial charge in [0.2, 0.25) is 0 Å². The van der Waals surface area contributed by atoms with Crippen LogP contribution < -0.4 is 0 Å². The van der Waals surface area contributed by atoms with Gasteiger partial charge in [0.05, 0.1) is 22.1 Å². The zero-order chi connectivity index (χ0) is 63.4. The third-order valence-electron chi connectivity index (χ3n) is 22.1. The maximum Gasteiger partial charge on any atom is 0.135 e. The lowest BCUT2D eigenvalue weighted by atomic mass is 9.82. The molecule has 96 heavy (non-hydrogen) atoms. The first-order chi connectivity index (χ1) is 47.1. The molecule has 0 amide bonds. The summed E-state index contributed by atoms with van der Waals surface area (Å²) in [6, 6.07) is 107. The molecular weight excluding hydrogens is 1170 g/mol. The summed E-state index contributed by atoms with van der Waals surface area (Å²) in [5, 5.41) is 20.2. The van der Waals surface area contributed by atoms with Gasteiger partial charge in [0.15, 0.2) is 0 Å². The van der Waals surface area contributed by atoms with Crippen LogP contribution in [0.15, 0.2) is 300 Å². The summed E-state index contributed by atoms with van der Waals surface area (Å²) in [4.78, 5) is 0. The highest BCUT2D eigenvalue weighted by Crippen LogP contribution is 2.55. The summed E-state index contributed by atoms with van der Waals surface area (Å²) in [7, 11) is 0. The predicted molar refractivity (Wildman–Crippen MR) is 403 cm³/mol. The van der Waals surface area contributed by atoms with E-state index in [1.54, 1.807) is 0 Å². The van der Waals surface area contributed by atoms with Crippen LogP contribution in [0.1, 0.15) is 49.9 Å². The number of nitrogens with zero attached hydrogens (tertiary/aromatic N) is 2. The second kappa shape index (κ2) is 19.3. The van der Waals surface area contributed by atoms with Crippen molar-refractivity contribution in [2.75, 3.05) is 0 Å². The van der Waals surface area contributed by atoms with E-state index in [0.717, 1.165) is 22.3 Å². The zero-order valence-corrected chi connectivity index (χ0v) is 53.4. The second-order valence-electron chi connectivity index (χ2n) is 27.9. The number of aromatic nitrogens is 2. The van der Waals surface area contributed by atoms with Gasteiger partial charge in [0.25, 0.3) is 0 Å². The smallest absolute Gasteiger partial charge is 0.135 e. The van der Waals surface area contributed by atoms with Gasteiger partial charge in [-0.25, -0.2) is 0 Å². The third-order valence-corrected chi connectivity index (χ3v) is 22.1. The van der Waals surface area contributed by atoms with Gasteiger partial charge in [-0.15, -0.1) is 0 Å². The van der Waals surface area contributed by atoms with Crippen molar-refractivity contribution >= 4 is 131 Å². The fourth-order valence-electron chi connectivity index (χ4n) is 17.3. The Kier molecular flexibility index (Phi) is 10.8. The highest BCUT2D eigenvalue weighted by Gasteiger charge is 2.39. The van der Waals surface area contributed by atoms with Crippen molar-refractivity contribution in [3.8, 4) is 55.9 Å². The monoisotopic (exact) mass is 1220 g/mol. The van der Waals surface area contributed by atoms with Crippen molar-refractivity contribution in [1.82, 2.24) is 9.13 Å². The van der Waals surface area contributed by atoms with E-state index in [4.69, 9.17) is 8.83 Å². The third kappa shape index (κ3) is 7.44. The Morgan fingerprint density at radius 2 is 0.635 bits per heavy atom. The number of fused-ring (bicyclic) bond motifs is 19. The SMILES string of the molecule is CC1(C)c2cc3oc4ccccc4c3cc2-c2cc3c4ccccc4n(-c4ccc(-c5cc6cccc7ccc8cccc5c8c76)cc4)c3cc21.CC1(C)c2cc3oc4ccccc4c3cc2-c2cc3c4ccccc4n(-c4ccc(-c5ccc6ccccc6c5)cc4)c3cc21. The molecule has 16 aromatic carbocycles. The van der Waals surface area contributed by atoms with Crippen LogP contribution in [0, 0.1) is 0 Å². The van der Waals surface area contributed by atoms with Crippen molar-refractivity contribution in [2.24, 2.45) is 0 Å². The molecule has 4 nitrogen and oxygen atoms in total. The molecule has 0 fully saturated rings. The summed E-state index contributed by atoms with van der Waals surface area (Å²) >= 11 is 0. The molecule has 0 radical (unpaired) electrons. The van der Waals surface area contributed by atoms with Crippen molar-refractivity contribution in [3.63, 3.8) is 0 Å². The largest absolute Gasteiger partial charge is 0.456 e. The van der Waals surface area contributed by atoms with Gasteiger partial charge in [0.1, 0.15) is 22.3 Å². The normalized spacial score (nSPS) is 13.8. The first-order valence-corrected chi connectivity index (χ1v) is 33.5. The van der Waals surface area contributed by atoms with Crippen LogP contribution in [0.2, 0.25) is 0 Å². The van der Waals surface area contributed by atoms with Gasteiger partial charge in [-0.1, -0.05) is 210 Å². The van der Waals surface area contributed by atoms with Crippen molar-refractivity contribution < 1.29 is 8.83 Å². The molecule has 4 heterocycles. The second-order valence-corrected chi connectivity index (χ2v) is 27.9. The Labute approximate surface area is 553 Å². The first kappa shape index (κ1) is 53.5. The Hall–Kier alpha value is -12.0. The van der Waals surface area contributed by atoms with E-state index in [1.165, 1.54) is 186 Å². The maximum absolute atomic E-state index is 6.36. The Morgan fingerprint density at radius 3 is 1.20 bits per heavy atom. The van der Waals surface area contributed by atoms with Gasteiger partial charge in [-0.2, -0.15) is 0 Å². The number of furan rings is 2. The van der Waals surface area contributed by atoms with E-state index in [0.29, 0.717) is 0 Å². The highest BCUT2D eigenvalue weighted by molar-refractivity contribution is 6.26. The average Bonchev–Trinajstić information content (AvgIpc) is 1.53. The van der Waals surface area contributed by atoms with E-state index in [1.807, 2.05) is 12.1 Å². The highest BCUT2D eigenvalue weighted by atomic mass is 16.3. The maximum atomic E-state index is 6.36. The molecule has 0 atom stereocenters. The van der Waals surface area contributed by atoms with Crippen molar-refractivity contribution in [1.29, 1.82) is 0 Å². The molecule has 0 N–H and O–H groups in total. The summed E-state index contributed by atoms with van der Waals surface area (Å²) in [5.41, 5.74) is 26.3. The molecule has 0 unspecified atom stereocenters. The van der Waals surface area contributed by atoms with E-state index < -0.39 is 0 Å². The lowest BCUT2D eigenvalue weighted by Gasteiger charge is -2.21. The van der Waals surface area contributed by atoms with E-state index >= 15 is 0 Å². The van der Waals surface area contributed by atoms with Crippen LogP contribution in [-0.2, 0) is 10.8 Å². The van der Waals surface area contributed by atoms with Crippen molar-refractivity contribution in [2.45, 2.75) is 38.5 Å². The molecule has 2 aliphatic rings. The minimum Gasteiger partial charge on any atom is -0.456 e. The Bertz CT molecular complexity index is 6740. The predicted octanol–water partition coefficient (Wildman–Crippen LogP) is 25.4. The summed E-state index contributed by atoms with van der Waals surface area (Å²) < 4.78 is 17.6. The lowest BCUT2D eigenvalue weighted by Crippen LogP contribution is -2.15. The Morgan fingerprint density at radius 1 is 0.229 bits per heavy atom. The molecule has 20 aromatic rings. The topological polar surface area (TPSA) is 36.1 Å². The van der Waals surface area contributed by atoms with Gasteiger partial charge in [-0.05, 0) is 219 Å².